The number of unbranched alkanes of at least 4 members (excludes halogenated alkanes) is 1. The van der Waals surface area contributed by atoms with Gasteiger partial charge in [-0.1, -0.05) is 23.7 Å². The van der Waals surface area contributed by atoms with Gasteiger partial charge in [-0.15, -0.1) is 0 Å². The molecule has 0 radical (unpaired) electrons. The highest BCUT2D eigenvalue weighted by Crippen LogP contribution is 2.28. The molecule has 0 atom stereocenters. The Morgan fingerprint density at radius 1 is 1.08 bits per heavy atom. The molecular weight excluding hydrogens is 324 g/mol. The van der Waals surface area contributed by atoms with Crippen LogP contribution in [-0.2, 0) is 6.54 Å². The van der Waals surface area contributed by atoms with Gasteiger partial charge >= 0.3 is 0 Å². The second kappa shape index (κ2) is 8.40. The fourth-order valence-electron chi connectivity index (χ4n) is 3.17. The lowest BCUT2D eigenvalue weighted by Gasteiger charge is -2.36. The molecule has 0 unspecified atom stereocenters. The molecule has 0 spiro atoms. The van der Waals surface area contributed by atoms with Crippen LogP contribution in [0.5, 0.6) is 5.75 Å². The van der Waals surface area contributed by atoms with E-state index in [1.54, 1.807) is 13.3 Å². The maximum atomic E-state index is 5.88. The van der Waals surface area contributed by atoms with E-state index >= 15 is 0 Å². The summed E-state index contributed by atoms with van der Waals surface area (Å²) in [4.78, 5) is 4.96. The number of methoxy groups -OCH3 is 1. The van der Waals surface area contributed by atoms with Crippen LogP contribution in [0.15, 0.2) is 36.7 Å². The third-order valence-electron chi connectivity index (χ3n) is 4.51. The predicted octanol–water partition coefficient (Wildman–Crippen LogP) is 3.15. The van der Waals surface area contributed by atoms with E-state index in [1.807, 2.05) is 23.0 Å². The largest absolute Gasteiger partial charge is 0.495 e. The minimum absolute atomic E-state index is 0.711. The third kappa shape index (κ3) is 4.42. The minimum atomic E-state index is 0.711. The zero-order valence-corrected chi connectivity index (χ0v) is 15.0. The predicted molar refractivity (Wildman–Crippen MR) is 98.1 cm³/mol. The van der Waals surface area contributed by atoms with Crippen LogP contribution >= 0.6 is 11.6 Å². The van der Waals surface area contributed by atoms with E-state index in [2.05, 4.69) is 27.0 Å². The van der Waals surface area contributed by atoms with Crippen molar-refractivity contribution in [2.24, 2.45) is 0 Å². The summed E-state index contributed by atoms with van der Waals surface area (Å²) in [5.74, 6) is 0.962. The van der Waals surface area contributed by atoms with Gasteiger partial charge in [0.05, 0.1) is 24.0 Å². The number of nitrogens with zero attached hydrogens (tertiary/aromatic N) is 4. The molecule has 1 aliphatic heterocycles. The number of ether oxygens (including phenoxy) is 1. The highest BCUT2D eigenvalue weighted by atomic mass is 35.5. The molecule has 6 heteroatoms. The highest BCUT2D eigenvalue weighted by Gasteiger charge is 2.18. The molecule has 24 heavy (non-hydrogen) atoms. The first-order valence-electron chi connectivity index (χ1n) is 8.54. The SMILES string of the molecule is COc1ccccc1N1CCN(CCCCn2cc(Cl)cn2)CC1. The summed E-state index contributed by atoms with van der Waals surface area (Å²) in [5, 5.41) is 4.92. The van der Waals surface area contributed by atoms with E-state index in [4.69, 9.17) is 16.3 Å². The number of hydrogen-bond donors (Lipinski definition) is 0. The number of aryl methyl sites for hydroxylation is 1. The topological polar surface area (TPSA) is 33.5 Å². The first-order valence-corrected chi connectivity index (χ1v) is 8.92. The number of piperazine rings is 1. The summed E-state index contributed by atoms with van der Waals surface area (Å²) in [6, 6.07) is 8.27. The van der Waals surface area contributed by atoms with Gasteiger partial charge in [-0.3, -0.25) is 9.58 Å². The van der Waals surface area contributed by atoms with Crippen LogP contribution in [0.2, 0.25) is 5.02 Å². The molecular formula is C18H25ClN4O. The standard InChI is InChI=1S/C18H25ClN4O/c1-24-18-7-3-2-6-17(18)22-12-10-21(11-13-22)8-4-5-9-23-15-16(19)14-20-23/h2-3,6-7,14-15H,4-5,8-13H2,1H3. The van der Waals surface area contributed by atoms with Gasteiger partial charge in [-0.25, -0.2) is 0 Å². The average Bonchev–Trinajstić information content (AvgIpc) is 3.04. The number of hydrogen-bond acceptors (Lipinski definition) is 4. The van der Waals surface area contributed by atoms with Crippen molar-refractivity contribution in [2.75, 3.05) is 44.7 Å². The minimum Gasteiger partial charge on any atom is -0.495 e. The van der Waals surface area contributed by atoms with Gasteiger partial charge in [0.15, 0.2) is 0 Å². The molecule has 2 aromatic rings. The Morgan fingerprint density at radius 3 is 2.54 bits per heavy atom. The van der Waals surface area contributed by atoms with Crippen LogP contribution < -0.4 is 9.64 Å². The van der Waals surface area contributed by atoms with Crippen LogP contribution in [0.25, 0.3) is 0 Å². The van der Waals surface area contributed by atoms with Gasteiger partial charge in [0, 0.05) is 38.9 Å². The van der Waals surface area contributed by atoms with Crippen molar-refractivity contribution in [2.45, 2.75) is 19.4 Å². The van der Waals surface area contributed by atoms with E-state index in [0.717, 1.165) is 51.4 Å². The zero-order valence-electron chi connectivity index (χ0n) is 14.2. The molecule has 1 fully saturated rings. The molecule has 1 aromatic heterocycles. The molecule has 3 rings (SSSR count). The van der Waals surface area contributed by atoms with Crippen molar-refractivity contribution in [1.82, 2.24) is 14.7 Å². The summed E-state index contributed by atoms with van der Waals surface area (Å²) < 4.78 is 7.39. The Bertz CT molecular complexity index is 637. The second-order valence-electron chi connectivity index (χ2n) is 6.13. The number of anilines is 1. The van der Waals surface area contributed by atoms with Crippen molar-refractivity contribution in [3.8, 4) is 5.75 Å². The number of rotatable bonds is 7. The third-order valence-corrected chi connectivity index (χ3v) is 4.71. The summed E-state index contributed by atoms with van der Waals surface area (Å²) in [7, 11) is 1.74. The maximum absolute atomic E-state index is 5.88. The number of para-hydroxylation sites is 2. The Kier molecular flexibility index (Phi) is 5.99. The van der Waals surface area contributed by atoms with Gasteiger partial charge in [0.2, 0.25) is 0 Å². The monoisotopic (exact) mass is 348 g/mol. The van der Waals surface area contributed by atoms with Gasteiger partial charge in [-0.2, -0.15) is 5.10 Å². The number of benzene rings is 1. The van der Waals surface area contributed by atoms with Crippen molar-refractivity contribution in [3.63, 3.8) is 0 Å². The summed E-state index contributed by atoms with van der Waals surface area (Å²) in [5.41, 5.74) is 1.20. The molecule has 0 amide bonds. The Hall–Kier alpha value is -1.72. The summed E-state index contributed by atoms with van der Waals surface area (Å²) in [6.07, 6.45) is 5.89. The molecule has 0 aliphatic carbocycles. The van der Waals surface area contributed by atoms with Gasteiger partial charge in [0.25, 0.3) is 0 Å². The van der Waals surface area contributed by atoms with E-state index in [1.165, 1.54) is 12.1 Å². The van der Waals surface area contributed by atoms with Gasteiger partial charge in [0.1, 0.15) is 5.75 Å². The lowest BCUT2D eigenvalue weighted by molar-refractivity contribution is 0.250. The first-order chi connectivity index (χ1) is 11.8. The number of halogens is 1. The molecule has 1 aliphatic rings. The fourth-order valence-corrected chi connectivity index (χ4v) is 3.33. The lowest BCUT2D eigenvalue weighted by Crippen LogP contribution is -2.46. The van der Waals surface area contributed by atoms with Crippen LogP contribution in [0.3, 0.4) is 0 Å². The smallest absolute Gasteiger partial charge is 0.142 e. The highest BCUT2D eigenvalue weighted by molar-refractivity contribution is 6.30. The van der Waals surface area contributed by atoms with Crippen molar-refractivity contribution >= 4 is 17.3 Å². The van der Waals surface area contributed by atoms with Gasteiger partial charge in [-0.05, 0) is 31.5 Å². The molecule has 1 saturated heterocycles. The van der Waals surface area contributed by atoms with Crippen molar-refractivity contribution in [1.29, 1.82) is 0 Å². The average molecular weight is 349 g/mol. The van der Waals surface area contributed by atoms with E-state index < -0.39 is 0 Å². The zero-order chi connectivity index (χ0) is 16.8. The Balaban J connectivity index is 1.39. The van der Waals surface area contributed by atoms with E-state index in [-0.39, 0.29) is 0 Å². The summed E-state index contributed by atoms with van der Waals surface area (Å²) >= 11 is 5.88. The molecule has 0 N–H and O–H groups in total. The van der Waals surface area contributed by atoms with Crippen LogP contribution in [0.1, 0.15) is 12.8 Å². The molecule has 1 aromatic carbocycles. The van der Waals surface area contributed by atoms with Crippen molar-refractivity contribution in [3.05, 3.63) is 41.7 Å². The maximum Gasteiger partial charge on any atom is 0.142 e. The van der Waals surface area contributed by atoms with Gasteiger partial charge < -0.3 is 9.64 Å². The van der Waals surface area contributed by atoms with Crippen LogP contribution in [0, 0.1) is 0 Å². The Labute approximate surface area is 148 Å². The van der Waals surface area contributed by atoms with E-state index in [0.29, 0.717) is 5.02 Å². The van der Waals surface area contributed by atoms with Crippen LogP contribution in [-0.4, -0.2) is 54.5 Å². The molecule has 2 heterocycles. The fraction of sp³-hybridized carbons (Fsp3) is 0.500. The lowest BCUT2D eigenvalue weighted by atomic mass is 10.2. The second-order valence-corrected chi connectivity index (χ2v) is 6.57. The van der Waals surface area contributed by atoms with Crippen LogP contribution in [0.4, 0.5) is 5.69 Å². The Morgan fingerprint density at radius 2 is 1.83 bits per heavy atom. The molecule has 0 bridgehead atoms. The van der Waals surface area contributed by atoms with Crippen molar-refractivity contribution < 1.29 is 4.74 Å². The molecule has 0 saturated carbocycles. The quantitative estimate of drug-likeness (QED) is 0.720. The number of aromatic nitrogens is 2. The van der Waals surface area contributed by atoms with E-state index in [9.17, 15) is 0 Å². The first kappa shape index (κ1) is 17.1. The summed E-state index contributed by atoms with van der Waals surface area (Å²) in [6.45, 7) is 6.39. The molecule has 130 valence electrons. The normalized spacial score (nSPS) is 15.7. The molecule has 5 nitrogen and oxygen atoms in total.